The van der Waals surface area contributed by atoms with E-state index in [2.05, 4.69) is 5.32 Å². The number of sulfone groups is 1. The van der Waals surface area contributed by atoms with Crippen molar-refractivity contribution in [1.29, 1.82) is 0 Å². The molecular formula is C24H15NO4S. The van der Waals surface area contributed by atoms with Gasteiger partial charge in [0.25, 0.3) is 5.91 Å². The molecule has 146 valence electrons. The van der Waals surface area contributed by atoms with Gasteiger partial charge in [-0.3, -0.25) is 9.59 Å². The average molecular weight is 413 g/mol. The standard InChI is InChI=1S/C24H15NO4S/c26-23-19-7-3-4-8-21(19)30(28,29)22-14-17(10-12-20(22)23)24(27)25-18-11-9-15-5-1-2-6-16(15)13-18/h1-14H,(H,25,27). The molecule has 0 saturated heterocycles. The van der Waals surface area contributed by atoms with Crippen LogP contribution in [-0.4, -0.2) is 20.1 Å². The minimum absolute atomic E-state index is 0.0328. The molecule has 1 N–H and O–H groups in total. The van der Waals surface area contributed by atoms with Gasteiger partial charge in [-0.2, -0.15) is 0 Å². The highest BCUT2D eigenvalue weighted by molar-refractivity contribution is 7.91. The molecule has 0 radical (unpaired) electrons. The van der Waals surface area contributed by atoms with Crippen molar-refractivity contribution in [3.63, 3.8) is 0 Å². The van der Waals surface area contributed by atoms with Crippen LogP contribution in [0.2, 0.25) is 0 Å². The minimum Gasteiger partial charge on any atom is -0.322 e. The van der Waals surface area contributed by atoms with E-state index in [1.807, 2.05) is 36.4 Å². The lowest BCUT2D eigenvalue weighted by molar-refractivity contribution is 0.101. The van der Waals surface area contributed by atoms with Crippen molar-refractivity contribution in [3.8, 4) is 0 Å². The van der Waals surface area contributed by atoms with Crippen molar-refractivity contribution >= 4 is 38.0 Å². The Hall–Kier alpha value is -3.77. The molecular weight excluding hydrogens is 398 g/mol. The number of nitrogens with one attached hydrogen (secondary N) is 1. The van der Waals surface area contributed by atoms with Crippen molar-refractivity contribution in [2.45, 2.75) is 9.79 Å². The van der Waals surface area contributed by atoms with Crippen LogP contribution in [0.1, 0.15) is 26.3 Å². The van der Waals surface area contributed by atoms with Crippen LogP contribution in [0, 0.1) is 0 Å². The number of hydrogen-bond acceptors (Lipinski definition) is 4. The topological polar surface area (TPSA) is 80.3 Å². The highest BCUT2D eigenvalue weighted by Crippen LogP contribution is 2.35. The Morgan fingerprint density at radius 3 is 2.23 bits per heavy atom. The van der Waals surface area contributed by atoms with Crippen molar-refractivity contribution in [1.82, 2.24) is 0 Å². The van der Waals surface area contributed by atoms with E-state index < -0.39 is 15.7 Å². The third-order valence-electron chi connectivity index (χ3n) is 5.21. The van der Waals surface area contributed by atoms with Crippen molar-refractivity contribution in [2.75, 3.05) is 5.32 Å². The van der Waals surface area contributed by atoms with E-state index in [1.54, 1.807) is 18.2 Å². The number of amides is 1. The summed E-state index contributed by atoms with van der Waals surface area (Å²) in [4.78, 5) is 25.3. The van der Waals surface area contributed by atoms with Crippen molar-refractivity contribution in [3.05, 3.63) is 102 Å². The predicted molar refractivity (Wildman–Crippen MR) is 114 cm³/mol. The van der Waals surface area contributed by atoms with Gasteiger partial charge in [0.05, 0.1) is 9.79 Å². The molecule has 0 fully saturated rings. The van der Waals surface area contributed by atoms with E-state index >= 15 is 0 Å². The van der Waals surface area contributed by atoms with Gasteiger partial charge in [-0.25, -0.2) is 8.42 Å². The van der Waals surface area contributed by atoms with E-state index in [0.717, 1.165) is 10.8 Å². The minimum atomic E-state index is -3.89. The fraction of sp³-hybridized carbons (Fsp3) is 0. The number of carbonyl (C=O) groups excluding carboxylic acids is 2. The zero-order valence-corrected chi connectivity index (χ0v) is 16.4. The zero-order valence-electron chi connectivity index (χ0n) is 15.6. The van der Waals surface area contributed by atoms with Crippen LogP contribution in [0.4, 0.5) is 5.69 Å². The van der Waals surface area contributed by atoms with Gasteiger partial charge in [0.2, 0.25) is 9.84 Å². The number of hydrogen-bond donors (Lipinski definition) is 1. The lowest BCUT2D eigenvalue weighted by Gasteiger charge is -2.19. The summed E-state index contributed by atoms with van der Waals surface area (Å²) in [5.41, 5.74) is 0.993. The lowest BCUT2D eigenvalue weighted by Crippen LogP contribution is -2.21. The molecule has 1 aliphatic rings. The Kier molecular flexibility index (Phi) is 4.04. The summed E-state index contributed by atoms with van der Waals surface area (Å²) in [6, 6.07) is 23.6. The summed E-state index contributed by atoms with van der Waals surface area (Å²) >= 11 is 0. The Balaban J connectivity index is 1.53. The second-order valence-electron chi connectivity index (χ2n) is 7.06. The van der Waals surface area contributed by atoms with Gasteiger partial charge < -0.3 is 5.32 Å². The van der Waals surface area contributed by atoms with E-state index in [0.29, 0.717) is 5.69 Å². The first-order valence-corrected chi connectivity index (χ1v) is 10.8. The summed E-state index contributed by atoms with van der Waals surface area (Å²) in [6.45, 7) is 0. The molecule has 0 spiro atoms. The summed E-state index contributed by atoms with van der Waals surface area (Å²) in [7, 11) is -3.89. The van der Waals surface area contributed by atoms with Crippen LogP contribution in [-0.2, 0) is 9.84 Å². The maximum absolute atomic E-state index is 13.0. The quantitative estimate of drug-likeness (QED) is 0.463. The Bertz CT molecular complexity index is 1470. The summed E-state index contributed by atoms with van der Waals surface area (Å²) in [5, 5.41) is 4.82. The molecule has 4 aromatic carbocycles. The first-order chi connectivity index (χ1) is 14.4. The normalized spacial score (nSPS) is 14.1. The van der Waals surface area contributed by atoms with Gasteiger partial charge in [-0.1, -0.05) is 42.5 Å². The van der Waals surface area contributed by atoms with Gasteiger partial charge in [0.15, 0.2) is 5.78 Å². The van der Waals surface area contributed by atoms with Crippen LogP contribution in [0.5, 0.6) is 0 Å². The van der Waals surface area contributed by atoms with Gasteiger partial charge >= 0.3 is 0 Å². The van der Waals surface area contributed by atoms with E-state index in [9.17, 15) is 18.0 Å². The van der Waals surface area contributed by atoms with Crippen LogP contribution in [0.25, 0.3) is 10.8 Å². The molecule has 0 unspecified atom stereocenters. The summed E-state index contributed by atoms with van der Waals surface area (Å²) in [5.74, 6) is -0.813. The molecule has 30 heavy (non-hydrogen) atoms. The van der Waals surface area contributed by atoms with E-state index in [1.165, 1.54) is 30.3 Å². The average Bonchev–Trinajstić information content (AvgIpc) is 2.77. The largest absolute Gasteiger partial charge is 0.322 e. The molecule has 0 aliphatic carbocycles. The SMILES string of the molecule is O=C(Nc1ccc2ccccc2c1)c1ccc2c(c1)S(=O)(=O)c1ccccc1C2=O. The Morgan fingerprint density at radius 2 is 1.40 bits per heavy atom. The first kappa shape index (κ1) is 18.3. The molecule has 5 nitrogen and oxygen atoms in total. The van der Waals surface area contributed by atoms with Crippen LogP contribution < -0.4 is 5.32 Å². The van der Waals surface area contributed by atoms with E-state index in [4.69, 9.17) is 0 Å². The van der Waals surface area contributed by atoms with Gasteiger partial charge in [0, 0.05) is 22.4 Å². The molecule has 0 bridgehead atoms. The lowest BCUT2D eigenvalue weighted by atomic mass is 10.0. The molecule has 4 aromatic rings. The summed E-state index contributed by atoms with van der Waals surface area (Å²) in [6.07, 6.45) is 0. The molecule has 1 amide bonds. The third-order valence-corrected chi connectivity index (χ3v) is 7.06. The van der Waals surface area contributed by atoms with Crippen molar-refractivity contribution < 1.29 is 18.0 Å². The maximum atomic E-state index is 13.0. The fourth-order valence-corrected chi connectivity index (χ4v) is 5.37. The number of benzene rings is 4. The maximum Gasteiger partial charge on any atom is 0.255 e. The van der Waals surface area contributed by atoms with Crippen molar-refractivity contribution in [2.24, 2.45) is 0 Å². The van der Waals surface area contributed by atoms with Gasteiger partial charge in [-0.05, 0) is 53.2 Å². The second kappa shape index (κ2) is 6.64. The second-order valence-corrected chi connectivity index (χ2v) is 8.94. The Morgan fingerprint density at radius 1 is 0.700 bits per heavy atom. The van der Waals surface area contributed by atoms with E-state index in [-0.39, 0.29) is 32.3 Å². The third kappa shape index (κ3) is 2.81. The number of ketones is 1. The molecule has 6 heteroatoms. The summed E-state index contributed by atoms with van der Waals surface area (Å²) < 4.78 is 26.1. The smallest absolute Gasteiger partial charge is 0.255 e. The highest BCUT2D eigenvalue weighted by atomic mass is 32.2. The molecule has 0 atom stereocenters. The first-order valence-electron chi connectivity index (χ1n) is 9.28. The zero-order chi connectivity index (χ0) is 20.9. The van der Waals surface area contributed by atoms with Crippen LogP contribution in [0.3, 0.4) is 0 Å². The number of fused-ring (bicyclic) bond motifs is 3. The Labute approximate surface area is 172 Å². The predicted octanol–water partition coefficient (Wildman–Crippen LogP) is 4.47. The fourth-order valence-electron chi connectivity index (χ4n) is 3.70. The van der Waals surface area contributed by atoms with Gasteiger partial charge in [-0.15, -0.1) is 0 Å². The van der Waals surface area contributed by atoms with Gasteiger partial charge in [0.1, 0.15) is 0 Å². The highest BCUT2D eigenvalue weighted by Gasteiger charge is 2.35. The molecule has 1 heterocycles. The monoisotopic (exact) mass is 413 g/mol. The number of anilines is 1. The van der Waals surface area contributed by atoms with Crippen LogP contribution in [0.15, 0.2) is 94.7 Å². The van der Waals surface area contributed by atoms with Crippen LogP contribution >= 0.6 is 0 Å². The molecule has 5 rings (SSSR count). The molecule has 1 aliphatic heterocycles. The number of rotatable bonds is 2. The molecule has 0 saturated carbocycles. The number of carbonyl (C=O) groups is 2. The molecule has 0 aromatic heterocycles.